The lowest BCUT2D eigenvalue weighted by atomic mass is 10.0. The van der Waals surface area contributed by atoms with E-state index in [-0.39, 0.29) is 12.5 Å². The Bertz CT molecular complexity index is 998. The molecule has 0 aliphatic carbocycles. The van der Waals surface area contributed by atoms with Crippen LogP contribution in [0, 0.1) is 0 Å². The van der Waals surface area contributed by atoms with E-state index in [1.165, 1.54) is 6.08 Å². The summed E-state index contributed by atoms with van der Waals surface area (Å²) in [5.41, 5.74) is 4.42. The molecule has 0 saturated heterocycles. The fraction of sp³-hybridized carbons (Fsp3) is 0.227. The Morgan fingerprint density at radius 2 is 2.03 bits per heavy atom. The number of aliphatic hydroxyl groups excluding tert-OH is 2. The van der Waals surface area contributed by atoms with Crippen LogP contribution in [0.4, 0.5) is 5.69 Å². The fourth-order valence-corrected chi connectivity index (χ4v) is 2.87. The number of carbonyl (C=O) groups excluding carboxylic acids is 1. The summed E-state index contributed by atoms with van der Waals surface area (Å²) in [4.78, 5) is 16.4. The van der Waals surface area contributed by atoms with Gasteiger partial charge in [-0.15, -0.1) is 0 Å². The van der Waals surface area contributed by atoms with Crippen molar-refractivity contribution in [3.05, 3.63) is 72.3 Å². The van der Waals surface area contributed by atoms with Crippen molar-refractivity contribution >= 4 is 17.7 Å². The van der Waals surface area contributed by atoms with Crippen molar-refractivity contribution in [2.75, 3.05) is 18.5 Å². The number of pyridine rings is 1. The van der Waals surface area contributed by atoms with Crippen molar-refractivity contribution in [3.63, 3.8) is 0 Å². The minimum absolute atomic E-state index is 0.243. The average Bonchev–Trinajstić information content (AvgIpc) is 3.19. The standard InChI is InChI=1S/C22H25N5O3/c1-27-14-18(12-25-27)21-8-9-23-11-17(21)4-7-22(30)26-19-5-2-16(3-6-19)10-24-13-20(29)15-28/h2-9,11-12,14,20,24,28-29H,10,13,15H2,1H3,(H,26,30)/b7-4+. The molecule has 0 aliphatic heterocycles. The molecule has 8 nitrogen and oxygen atoms in total. The second-order valence-corrected chi connectivity index (χ2v) is 6.85. The lowest BCUT2D eigenvalue weighted by Gasteiger charge is -2.09. The van der Waals surface area contributed by atoms with Crippen molar-refractivity contribution < 1.29 is 15.0 Å². The molecule has 0 saturated carbocycles. The summed E-state index contributed by atoms with van der Waals surface area (Å²) in [6.07, 6.45) is 9.54. The number of amides is 1. The highest BCUT2D eigenvalue weighted by molar-refractivity contribution is 6.02. The number of aromatic nitrogens is 3. The smallest absolute Gasteiger partial charge is 0.248 e. The van der Waals surface area contributed by atoms with E-state index >= 15 is 0 Å². The SMILES string of the molecule is Cn1cc(-c2ccncc2/C=C/C(=O)Nc2ccc(CNCC(O)CO)cc2)cn1. The van der Waals surface area contributed by atoms with Crippen LogP contribution in [0.25, 0.3) is 17.2 Å². The van der Waals surface area contributed by atoms with Crippen molar-refractivity contribution in [2.24, 2.45) is 7.05 Å². The van der Waals surface area contributed by atoms with Crippen LogP contribution in [0.2, 0.25) is 0 Å². The second-order valence-electron chi connectivity index (χ2n) is 6.85. The summed E-state index contributed by atoms with van der Waals surface area (Å²) in [7, 11) is 1.85. The highest BCUT2D eigenvalue weighted by Crippen LogP contribution is 2.23. The van der Waals surface area contributed by atoms with Crippen LogP contribution in [0.15, 0.2) is 61.2 Å². The predicted molar refractivity (Wildman–Crippen MR) is 115 cm³/mol. The molecule has 4 N–H and O–H groups in total. The van der Waals surface area contributed by atoms with E-state index in [1.54, 1.807) is 29.3 Å². The molecule has 1 aromatic carbocycles. The van der Waals surface area contributed by atoms with Gasteiger partial charge in [0.2, 0.25) is 5.91 Å². The molecule has 156 valence electrons. The Morgan fingerprint density at radius 3 is 2.73 bits per heavy atom. The zero-order valence-corrected chi connectivity index (χ0v) is 16.7. The Labute approximate surface area is 174 Å². The van der Waals surface area contributed by atoms with Gasteiger partial charge >= 0.3 is 0 Å². The zero-order valence-electron chi connectivity index (χ0n) is 16.7. The first-order chi connectivity index (χ1) is 14.5. The van der Waals surface area contributed by atoms with Crippen LogP contribution in [0.1, 0.15) is 11.1 Å². The summed E-state index contributed by atoms with van der Waals surface area (Å²) in [5.74, 6) is -0.243. The molecule has 2 heterocycles. The first-order valence-corrected chi connectivity index (χ1v) is 9.56. The number of hydrogen-bond acceptors (Lipinski definition) is 6. The lowest BCUT2D eigenvalue weighted by Crippen LogP contribution is -2.28. The van der Waals surface area contributed by atoms with E-state index in [9.17, 15) is 9.90 Å². The van der Waals surface area contributed by atoms with Gasteiger partial charge in [-0.05, 0) is 35.4 Å². The quantitative estimate of drug-likeness (QED) is 0.401. The maximum absolute atomic E-state index is 12.3. The molecule has 1 atom stereocenters. The van der Waals surface area contributed by atoms with Crippen LogP contribution < -0.4 is 10.6 Å². The number of benzene rings is 1. The van der Waals surface area contributed by atoms with E-state index < -0.39 is 6.10 Å². The summed E-state index contributed by atoms with van der Waals surface area (Å²) in [5, 5.41) is 28.2. The number of carbonyl (C=O) groups is 1. The largest absolute Gasteiger partial charge is 0.394 e. The van der Waals surface area contributed by atoms with Crippen LogP contribution in [-0.4, -0.2) is 50.1 Å². The van der Waals surface area contributed by atoms with Crippen LogP contribution in [-0.2, 0) is 18.4 Å². The van der Waals surface area contributed by atoms with E-state index in [2.05, 4.69) is 20.7 Å². The van der Waals surface area contributed by atoms with Gasteiger partial charge in [0, 0.05) is 61.6 Å². The Morgan fingerprint density at radius 1 is 1.23 bits per heavy atom. The zero-order chi connectivity index (χ0) is 21.3. The molecular formula is C22H25N5O3. The van der Waals surface area contributed by atoms with E-state index in [0.717, 1.165) is 22.3 Å². The molecule has 3 rings (SSSR count). The van der Waals surface area contributed by atoms with Crippen molar-refractivity contribution in [3.8, 4) is 11.1 Å². The van der Waals surface area contributed by atoms with E-state index in [4.69, 9.17) is 5.11 Å². The van der Waals surface area contributed by atoms with Gasteiger partial charge in [-0.3, -0.25) is 14.5 Å². The van der Waals surface area contributed by atoms with Gasteiger partial charge in [0.15, 0.2) is 0 Å². The Kier molecular flexibility index (Phi) is 7.45. The maximum Gasteiger partial charge on any atom is 0.248 e. The summed E-state index contributed by atoms with van der Waals surface area (Å²) < 4.78 is 1.73. The first kappa shape index (κ1) is 21.4. The lowest BCUT2D eigenvalue weighted by molar-refractivity contribution is -0.111. The van der Waals surface area contributed by atoms with Gasteiger partial charge in [-0.25, -0.2) is 0 Å². The number of aryl methyl sites for hydroxylation is 1. The number of rotatable bonds is 9. The van der Waals surface area contributed by atoms with Crippen LogP contribution in [0.5, 0.6) is 0 Å². The summed E-state index contributed by atoms with van der Waals surface area (Å²) in [6, 6.07) is 9.30. The van der Waals surface area contributed by atoms with E-state index in [1.807, 2.05) is 43.6 Å². The molecule has 8 heteroatoms. The summed E-state index contributed by atoms with van der Waals surface area (Å²) >= 11 is 0. The third-order valence-corrected chi connectivity index (χ3v) is 4.42. The van der Waals surface area contributed by atoms with Crippen molar-refractivity contribution in [1.82, 2.24) is 20.1 Å². The van der Waals surface area contributed by atoms with E-state index in [0.29, 0.717) is 18.8 Å². The molecule has 1 amide bonds. The van der Waals surface area contributed by atoms with Crippen molar-refractivity contribution in [1.29, 1.82) is 0 Å². The summed E-state index contributed by atoms with van der Waals surface area (Å²) in [6.45, 7) is 0.604. The van der Waals surface area contributed by atoms with Gasteiger partial charge < -0.3 is 20.8 Å². The number of nitrogens with zero attached hydrogens (tertiary/aromatic N) is 3. The third-order valence-electron chi connectivity index (χ3n) is 4.42. The number of anilines is 1. The van der Waals surface area contributed by atoms with Gasteiger partial charge in [0.1, 0.15) is 0 Å². The molecule has 0 bridgehead atoms. The van der Waals surface area contributed by atoms with Gasteiger partial charge in [0.05, 0.1) is 18.9 Å². The normalized spacial score (nSPS) is 12.2. The molecule has 0 spiro atoms. The molecule has 0 fully saturated rings. The molecule has 30 heavy (non-hydrogen) atoms. The Hall–Kier alpha value is -3.33. The van der Waals surface area contributed by atoms with Crippen molar-refractivity contribution in [2.45, 2.75) is 12.6 Å². The van der Waals surface area contributed by atoms with Gasteiger partial charge in [-0.1, -0.05) is 12.1 Å². The third kappa shape index (κ3) is 6.08. The minimum Gasteiger partial charge on any atom is -0.394 e. The molecular weight excluding hydrogens is 382 g/mol. The topological polar surface area (TPSA) is 112 Å². The molecule has 1 unspecified atom stereocenters. The molecule has 0 aliphatic rings. The highest BCUT2D eigenvalue weighted by atomic mass is 16.3. The number of aliphatic hydroxyl groups is 2. The monoisotopic (exact) mass is 407 g/mol. The first-order valence-electron chi connectivity index (χ1n) is 9.56. The number of hydrogen-bond donors (Lipinski definition) is 4. The number of nitrogens with one attached hydrogen (secondary N) is 2. The molecule has 2 aromatic heterocycles. The van der Waals surface area contributed by atoms with Crippen LogP contribution >= 0.6 is 0 Å². The molecule has 0 radical (unpaired) electrons. The average molecular weight is 407 g/mol. The van der Waals surface area contributed by atoms with Gasteiger partial charge in [-0.2, -0.15) is 5.10 Å². The highest BCUT2D eigenvalue weighted by Gasteiger charge is 2.06. The van der Waals surface area contributed by atoms with Crippen LogP contribution in [0.3, 0.4) is 0 Å². The molecule has 3 aromatic rings. The van der Waals surface area contributed by atoms with Gasteiger partial charge in [0.25, 0.3) is 0 Å². The predicted octanol–water partition coefficient (Wildman–Crippen LogP) is 1.58. The maximum atomic E-state index is 12.3. The minimum atomic E-state index is -0.770. The second kappa shape index (κ2) is 10.4. The fourth-order valence-electron chi connectivity index (χ4n) is 2.87. The Balaban J connectivity index is 1.58.